The lowest BCUT2D eigenvalue weighted by Gasteiger charge is -2.12. The van der Waals surface area contributed by atoms with Crippen molar-refractivity contribution in [3.63, 3.8) is 0 Å². The van der Waals surface area contributed by atoms with Crippen LogP contribution in [0.25, 0.3) is 10.6 Å². The molecule has 1 atom stereocenters. The molecule has 2 aromatic heterocycles. The van der Waals surface area contributed by atoms with Gasteiger partial charge in [-0.05, 0) is 62.0 Å². The Morgan fingerprint density at radius 2 is 2.03 bits per heavy atom. The number of ether oxygens (including phenoxy) is 1. The van der Waals surface area contributed by atoms with Crippen molar-refractivity contribution in [3.05, 3.63) is 53.5 Å². The highest BCUT2D eigenvalue weighted by Gasteiger charge is 2.32. The second-order valence-electron chi connectivity index (χ2n) is 7.54. The number of sulfone groups is 1. The summed E-state index contributed by atoms with van der Waals surface area (Å²) in [5, 5.41) is 9.28. The van der Waals surface area contributed by atoms with Crippen LogP contribution in [0.4, 0.5) is 5.69 Å². The molecule has 1 saturated heterocycles. The maximum Gasteiger partial charge on any atom is 0.276 e. The lowest BCUT2D eigenvalue weighted by molar-refractivity contribution is 0.102. The summed E-state index contributed by atoms with van der Waals surface area (Å²) in [6, 6.07) is 12.5. The quantitative estimate of drug-likeness (QED) is 0.619. The molecule has 0 bridgehead atoms. The first kappa shape index (κ1) is 20.6. The van der Waals surface area contributed by atoms with Gasteiger partial charge in [-0.15, -0.1) is 11.3 Å². The van der Waals surface area contributed by atoms with Gasteiger partial charge < -0.3 is 10.1 Å². The number of carbonyl (C=O) groups is 1. The molecule has 0 saturated carbocycles. The maximum absolute atomic E-state index is 12.8. The molecule has 1 aromatic carbocycles. The molecule has 1 amide bonds. The summed E-state index contributed by atoms with van der Waals surface area (Å²) in [6.07, 6.45) is 0.574. The molecule has 1 aliphatic heterocycles. The van der Waals surface area contributed by atoms with Crippen LogP contribution >= 0.6 is 11.3 Å². The minimum atomic E-state index is -3.07. The monoisotopic (exact) mass is 445 g/mol. The van der Waals surface area contributed by atoms with E-state index in [1.165, 1.54) is 11.3 Å². The molecule has 0 radical (unpaired) electrons. The predicted octanol–water partition coefficient (Wildman–Crippen LogP) is 4.01. The van der Waals surface area contributed by atoms with E-state index in [1.54, 1.807) is 35.0 Å². The zero-order valence-electron chi connectivity index (χ0n) is 16.7. The molecule has 9 heteroatoms. The van der Waals surface area contributed by atoms with Gasteiger partial charge in [-0.1, -0.05) is 6.07 Å². The van der Waals surface area contributed by atoms with Crippen molar-refractivity contribution in [2.45, 2.75) is 32.4 Å². The van der Waals surface area contributed by atoms with E-state index in [2.05, 4.69) is 10.4 Å². The molecule has 0 spiro atoms. The van der Waals surface area contributed by atoms with Gasteiger partial charge in [0.25, 0.3) is 5.91 Å². The van der Waals surface area contributed by atoms with E-state index in [-0.39, 0.29) is 35.3 Å². The summed E-state index contributed by atoms with van der Waals surface area (Å²) in [4.78, 5) is 13.8. The first-order valence-corrected chi connectivity index (χ1v) is 12.4. The molecule has 1 fully saturated rings. The minimum Gasteiger partial charge on any atom is -0.491 e. The van der Waals surface area contributed by atoms with Crippen molar-refractivity contribution in [1.82, 2.24) is 9.78 Å². The van der Waals surface area contributed by atoms with Crippen LogP contribution in [-0.4, -0.2) is 41.7 Å². The first-order chi connectivity index (χ1) is 14.3. The average molecular weight is 446 g/mol. The molecule has 3 heterocycles. The van der Waals surface area contributed by atoms with Crippen molar-refractivity contribution in [2.24, 2.45) is 0 Å². The Hall–Kier alpha value is -2.65. The second-order valence-corrected chi connectivity index (χ2v) is 10.7. The minimum absolute atomic E-state index is 0.0471. The summed E-state index contributed by atoms with van der Waals surface area (Å²) in [5.41, 5.74) is 1.65. The number of nitrogens with one attached hydrogen (secondary N) is 1. The molecule has 0 aliphatic carbocycles. The summed E-state index contributed by atoms with van der Waals surface area (Å²) in [5.74, 6) is 0.582. The number of thiophene rings is 1. The zero-order valence-corrected chi connectivity index (χ0v) is 18.4. The number of carbonyl (C=O) groups excluding carboxylic acids is 1. The molecule has 1 N–H and O–H groups in total. The van der Waals surface area contributed by atoms with E-state index in [1.807, 2.05) is 31.4 Å². The molecule has 158 valence electrons. The molecular formula is C21H23N3O4S2. The van der Waals surface area contributed by atoms with Gasteiger partial charge in [-0.3, -0.25) is 9.48 Å². The fraction of sp³-hybridized carbons (Fsp3) is 0.333. The normalized spacial score (nSPS) is 17.9. The van der Waals surface area contributed by atoms with Gasteiger partial charge in [-0.2, -0.15) is 5.10 Å². The topological polar surface area (TPSA) is 90.3 Å². The van der Waals surface area contributed by atoms with Crippen molar-refractivity contribution < 1.29 is 17.9 Å². The molecule has 30 heavy (non-hydrogen) atoms. The van der Waals surface area contributed by atoms with Crippen molar-refractivity contribution in [2.75, 3.05) is 16.8 Å². The second kappa shape index (κ2) is 8.23. The number of benzene rings is 1. The van der Waals surface area contributed by atoms with Crippen molar-refractivity contribution >= 4 is 32.8 Å². The van der Waals surface area contributed by atoms with Gasteiger partial charge in [0.15, 0.2) is 15.5 Å². The predicted molar refractivity (Wildman–Crippen MR) is 118 cm³/mol. The van der Waals surface area contributed by atoms with Crippen LogP contribution < -0.4 is 10.1 Å². The molecule has 7 nitrogen and oxygen atoms in total. The number of amides is 1. The number of anilines is 1. The van der Waals surface area contributed by atoms with Crippen LogP contribution in [0.5, 0.6) is 5.75 Å². The van der Waals surface area contributed by atoms with Crippen LogP contribution in [0.2, 0.25) is 0 Å². The summed E-state index contributed by atoms with van der Waals surface area (Å²) < 4.78 is 31.2. The van der Waals surface area contributed by atoms with Gasteiger partial charge in [0.2, 0.25) is 0 Å². The maximum atomic E-state index is 12.8. The number of hydrogen-bond donors (Lipinski definition) is 1. The van der Waals surface area contributed by atoms with Crippen LogP contribution in [0.3, 0.4) is 0 Å². The highest BCUT2D eigenvalue weighted by molar-refractivity contribution is 7.91. The average Bonchev–Trinajstić information content (AvgIpc) is 3.41. The summed E-state index contributed by atoms with van der Waals surface area (Å²) in [7, 11) is -3.07. The Bertz CT molecular complexity index is 1130. The Morgan fingerprint density at radius 3 is 2.63 bits per heavy atom. The van der Waals surface area contributed by atoms with Gasteiger partial charge in [0.1, 0.15) is 5.75 Å². The molecular weight excluding hydrogens is 422 g/mol. The Balaban J connectivity index is 1.58. The smallest absolute Gasteiger partial charge is 0.276 e. The fourth-order valence-corrected chi connectivity index (χ4v) is 5.87. The third-order valence-corrected chi connectivity index (χ3v) is 7.42. The lowest BCUT2D eigenvalue weighted by atomic mass is 10.2. The van der Waals surface area contributed by atoms with E-state index in [0.717, 1.165) is 16.3 Å². The Labute approximate surface area is 179 Å². The van der Waals surface area contributed by atoms with Crippen LogP contribution in [0, 0.1) is 0 Å². The number of aromatic nitrogens is 2. The van der Waals surface area contributed by atoms with Gasteiger partial charge in [-0.25, -0.2) is 8.42 Å². The van der Waals surface area contributed by atoms with E-state index in [0.29, 0.717) is 12.1 Å². The molecule has 4 rings (SSSR count). The summed E-state index contributed by atoms with van der Waals surface area (Å²) >= 11 is 1.53. The fourth-order valence-electron chi connectivity index (χ4n) is 3.44. The van der Waals surface area contributed by atoms with Gasteiger partial charge in [0.05, 0.1) is 34.2 Å². The summed E-state index contributed by atoms with van der Waals surface area (Å²) in [6.45, 7) is 3.90. The molecule has 0 unspecified atom stereocenters. The third-order valence-electron chi connectivity index (χ3n) is 4.78. The first-order valence-electron chi connectivity index (χ1n) is 9.73. The number of nitrogens with zero attached hydrogens (tertiary/aromatic N) is 2. The van der Waals surface area contributed by atoms with Crippen LogP contribution in [0.15, 0.2) is 47.8 Å². The SMILES string of the molecule is CC(C)Oc1ccc(NC(=O)c2cc(-c3cccs3)n([C@H]3CCS(=O)(=O)C3)n2)cc1. The highest BCUT2D eigenvalue weighted by Crippen LogP contribution is 2.32. The molecule has 1 aliphatic rings. The van der Waals surface area contributed by atoms with E-state index in [4.69, 9.17) is 4.74 Å². The number of hydrogen-bond acceptors (Lipinski definition) is 6. The Kier molecular flexibility index (Phi) is 5.66. The van der Waals surface area contributed by atoms with Crippen molar-refractivity contribution in [3.8, 4) is 16.3 Å². The van der Waals surface area contributed by atoms with E-state index in [9.17, 15) is 13.2 Å². The molecule has 3 aromatic rings. The standard InChI is InChI=1S/C21H23N3O4S2/c1-14(2)28-17-7-5-15(6-8-17)22-21(25)18-12-19(20-4-3-10-29-20)24(23-18)16-9-11-30(26,27)13-16/h3-8,10,12,14,16H,9,11,13H2,1-2H3,(H,22,25)/t16-/m0/s1. The van der Waals surface area contributed by atoms with E-state index >= 15 is 0 Å². The highest BCUT2D eigenvalue weighted by atomic mass is 32.2. The van der Waals surface area contributed by atoms with Gasteiger partial charge >= 0.3 is 0 Å². The van der Waals surface area contributed by atoms with Gasteiger partial charge in [0, 0.05) is 5.69 Å². The third kappa shape index (κ3) is 4.57. The van der Waals surface area contributed by atoms with Crippen LogP contribution in [-0.2, 0) is 9.84 Å². The van der Waals surface area contributed by atoms with E-state index < -0.39 is 9.84 Å². The lowest BCUT2D eigenvalue weighted by Crippen LogP contribution is -2.16. The number of rotatable bonds is 6. The Morgan fingerprint density at radius 1 is 1.27 bits per heavy atom. The van der Waals surface area contributed by atoms with Crippen molar-refractivity contribution in [1.29, 1.82) is 0 Å². The largest absolute Gasteiger partial charge is 0.491 e. The zero-order chi connectivity index (χ0) is 21.3. The van der Waals surface area contributed by atoms with Crippen LogP contribution in [0.1, 0.15) is 36.8 Å².